The number of benzene rings is 2. The second-order valence-electron chi connectivity index (χ2n) is 5.34. The molecule has 0 unspecified atom stereocenters. The van der Waals surface area contributed by atoms with Gasteiger partial charge in [-0.15, -0.1) is 0 Å². The van der Waals surface area contributed by atoms with Crippen molar-refractivity contribution in [3.05, 3.63) is 63.4 Å². The van der Waals surface area contributed by atoms with E-state index in [2.05, 4.69) is 63.3 Å². The van der Waals surface area contributed by atoms with Crippen molar-refractivity contribution >= 4 is 50.7 Å². The van der Waals surface area contributed by atoms with Gasteiger partial charge in [-0.05, 0) is 53.0 Å². The Morgan fingerprint density at radius 1 is 1.00 bits per heavy atom. The highest BCUT2D eigenvalue weighted by Gasteiger charge is 2.29. The number of halogens is 1. The maximum Gasteiger partial charge on any atom is 0.274 e. The molecule has 0 saturated carbocycles. The topological polar surface area (TPSA) is 41.5 Å². The number of carbonyl (C=O) groups excluding carboxylic acids is 1. The fourth-order valence-electron chi connectivity index (χ4n) is 2.91. The van der Waals surface area contributed by atoms with Gasteiger partial charge in [0.1, 0.15) is 5.71 Å². The maximum atomic E-state index is 12.2. The third-order valence-corrected chi connectivity index (χ3v) is 4.89. The smallest absolute Gasteiger partial charge is 0.274 e. The van der Waals surface area contributed by atoms with Crippen LogP contribution in [0.25, 0.3) is 10.8 Å². The fourth-order valence-corrected chi connectivity index (χ4v) is 3.58. The van der Waals surface area contributed by atoms with Crippen LogP contribution in [-0.2, 0) is 4.79 Å². The van der Waals surface area contributed by atoms with Gasteiger partial charge in [0.2, 0.25) is 0 Å². The summed E-state index contributed by atoms with van der Waals surface area (Å²) in [5.74, 6) is -0.109. The Morgan fingerprint density at radius 2 is 1.77 bits per heavy atom. The number of carbonyl (C=O) groups is 1. The number of nitrogens with zero attached hydrogens (tertiary/aromatic N) is 1. The number of fused-ring (bicyclic) bond motifs is 2. The lowest BCUT2D eigenvalue weighted by atomic mass is 10.0. The third kappa shape index (κ3) is 2.18. The molecule has 1 saturated heterocycles. The summed E-state index contributed by atoms with van der Waals surface area (Å²) >= 11 is 2.33. The molecular formula is C18H13IN2O. The molecule has 1 aliphatic heterocycles. The van der Waals surface area contributed by atoms with Gasteiger partial charge < -0.3 is 5.32 Å². The summed E-state index contributed by atoms with van der Waals surface area (Å²) in [7, 11) is 0. The van der Waals surface area contributed by atoms with E-state index < -0.39 is 0 Å². The maximum absolute atomic E-state index is 12.2. The SMILES string of the molecule is O=C1NC2=CCCC=C2/C1=N\c1cccc2c(I)cccc12. The van der Waals surface area contributed by atoms with Gasteiger partial charge in [-0.3, -0.25) is 4.79 Å². The minimum Gasteiger partial charge on any atom is -0.320 e. The van der Waals surface area contributed by atoms with Gasteiger partial charge in [0, 0.05) is 20.2 Å². The van der Waals surface area contributed by atoms with Crippen LogP contribution in [0.2, 0.25) is 0 Å². The van der Waals surface area contributed by atoms with Gasteiger partial charge in [0.25, 0.3) is 5.91 Å². The molecule has 2 aromatic carbocycles. The standard InChI is InChI=1S/C18H13IN2O/c19-14-8-3-7-12-11(14)6-4-10-15(12)20-17-13-5-1-2-9-16(13)21-18(17)22/h3-10H,1-2H2,(H,21,22)/b20-17+. The first-order valence-electron chi connectivity index (χ1n) is 7.22. The van der Waals surface area contributed by atoms with Crippen molar-refractivity contribution in [2.75, 3.05) is 0 Å². The van der Waals surface area contributed by atoms with Gasteiger partial charge in [-0.1, -0.05) is 36.4 Å². The molecule has 0 aromatic heterocycles. The predicted molar refractivity (Wildman–Crippen MR) is 97.3 cm³/mol. The number of rotatable bonds is 1. The van der Waals surface area contributed by atoms with Gasteiger partial charge >= 0.3 is 0 Å². The number of hydrogen-bond donors (Lipinski definition) is 1. The number of nitrogens with one attached hydrogen (secondary N) is 1. The zero-order valence-electron chi connectivity index (χ0n) is 11.8. The third-order valence-electron chi connectivity index (χ3n) is 3.95. The summed E-state index contributed by atoms with van der Waals surface area (Å²) in [6.07, 6.45) is 6.10. The molecule has 4 rings (SSSR count). The van der Waals surface area contributed by atoms with E-state index in [4.69, 9.17) is 0 Å². The second kappa shape index (κ2) is 5.35. The van der Waals surface area contributed by atoms with Crippen molar-refractivity contribution in [2.45, 2.75) is 12.8 Å². The Kier molecular flexibility index (Phi) is 3.33. The van der Waals surface area contributed by atoms with E-state index in [9.17, 15) is 4.79 Å². The average molecular weight is 400 g/mol. The van der Waals surface area contributed by atoms with E-state index in [0.29, 0.717) is 5.71 Å². The minimum atomic E-state index is -0.109. The lowest BCUT2D eigenvalue weighted by Gasteiger charge is -2.07. The van der Waals surface area contributed by atoms with Crippen LogP contribution >= 0.6 is 22.6 Å². The number of aliphatic imine (C=N–C) groups is 1. The Bertz CT molecular complexity index is 893. The van der Waals surface area contributed by atoms with Crippen LogP contribution in [0, 0.1) is 3.57 Å². The molecule has 1 heterocycles. The van der Waals surface area contributed by atoms with E-state index >= 15 is 0 Å². The molecule has 0 spiro atoms. The lowest BCUT2D eigenvalue weighted by molar-refractivity contribution is -0.113. The highest BCUT2D eigenvalue weighted by molar-refractivity contribution is 14.1. The van der Waals surface area contributed by atoms with Crippen LogP contribution in [-0.4, -0.2) is 11.6 Å². The van der Waals surface area contributed by atoms with Gasteiger partial charge in [0.05, 0.1) is 5.69 Å². The summed E-state index contributed by atoms with van der Waals surface area (Å²) in [5.41, 5.74) is 3.22. The first-order chi connectivity index (χ1) is 10.7. The molecule has 1 aliphatic carbocycles. The van der Waals surface area contributed by atoms with Crippen molar-refractivity contribution in [2.24, 2.45) is 4.99 Å². The van der Waals surface area contributed by atoms with Gasteiger partial charge in [-0.25, -0.2) is 4.99 Å². The molecular weight excluding hydrogens is 387 g/mol. The summed E-state index contributed by atoms with van der Waals surface area (Å²) in [6.45, 7) is 0. The zero-order chi connectivity index (χ0) is 15.1. The molecule has 2 aliphatic rings. The normalized spacial score (nSPS) is 19.0. The van der Waals surface area contributed by atoms with Crippen LogP contribution in [0.5, 0.6) is 0 Å². The molecule has 108 valence electrons. The van der Waals surface area contributed by atoms with E-state index in [1.54, 1.807) is 0 Å². The Balaban J connectivity index is 1.90. The van der Waals surface area contributed by atoms with Crippen molar-refractivity contribution < 1.29 is 4.79 Å². The van der Waals surface area contributed by atoms with Crippen LogP contribution < -0.4 is 5.32 Å². The Hall–Kier alpha value is -1.95. The van der Waals surface area contributed by atoms with Gasteiger partial charge in [0.15, 0.2) is 0 Å². The Morgan fingerprint density at radius 3 is 2.68 bits per heavy atom. The summed E-state index contributed by atoms with van der Waals surface area (Å²) < 4.78 is 1.19. The quantitative estimate of drug-likeness (QED) is 0.715. The molecule has 2 aromatic rings. The minimum absolute atomic E-state index is 0.109. The van der Waals surface area contributed by atoms with E-state index in [1.807, 2.05) is 18.2 Å². The largest absolute Gasteiger partial charge is 0.320 e. The molecule has 0 radical (unpaired) electrons. The highest BCUT2D eigenvalue weighted by atomic mass is 127. The zero-order valence-corrected chi connectivity index (χ0v) is 13.9. The molecule has 3 nitrogen and oxygen atoms in total. The molecule has 0 atom stereocenters. The first-order valence-corrected chi connectivity index (χ1v) is 8.30. The van der Waals surface area contributed by atoms with E-state index in [0.717, 1.165) is 40.6 Å². The fraction of sp³-hybridized carbons (Fsp3) is 0.111. The summed E-state index contributed by atoms with van der Waals surface area (Å²) in [6, 6.07) is 12.2. The second-order valence-corrected chi connectivity index (χ2v) is 6.50. The summed E-state index contributed by atoms with van der Waals surface area (Å²) in [5, 5.41) is 5.14. The van der Waals surface area contributed by atoms with Crippen molar-refractivity contribution in [3.63, 3.8) is 0 Å². The predicted octanol–water partition coefficient (Wildman–Crippen LogP) is 4.25. The monoisotopic (exact) mass is 400 g/mol. The number of hydrogen-bond acceptors (Lipinski definition) is 2. The number of amides is 1. The van der Waals surface area contributed by atoms with Crippen LogP contribution in [0.3, 0.4) is 0 Å². The van der Waals surface area contributed by atoms with E-state index in [-0.39, 0.29) is 5.91 Å². The van der Waals surface area contributed by atoms with Crippen LogP contribution in [0.1, 0.15) is 12.8 Å². The lowest BCUT2D eigenvalue weighted by Crippen LogP contribution is -2.18. The molecule has 1 fully saturated rings. The Labute approximate surface area is 142 Å². The van der Waals surface area contributed by atoms with Crippen molar-refractivity contribution in [3.8, 4) is 0 Å². The molecule has 4 heteroatoms. The molecule has 0 bridgehead atoms. The van der Waals surface area contributed by atoms with Crippen LogP contribution in [0.4, 0.5) is 5.69 Å². The van der Waals surface area contributed by atoms with Crippen molar-refractivity contribution in [1.82, 2.24) is 5.32 Å². The number of allylic oxidation sites excluding steroid dienone is 3. The van der Waals surface area contributed by atoms with Gasteiger partial charge in [-0.2, -0.15) is 0 Å². The molecule has 22 heavy (non-hydrogen) atoms. The molecule has 1 N–H and O–H groups in total. The van der Waals surface area contributed by atoms with Crippen LogP contribution in [0.15, 0.2) is 64.8 Å². The summed E-state index contributed by atoms with van der Waals surface area (Å²) in [4.78, 5) is 16.9. The average Bonchev–Trinajstić information content (AvgIpc) is 2.84. The first kappa shape index (κ1) is 13.7. The van der Waals surface area contributed by atoms with Crippen molar-refractivity contribution in [1.29, 1.82) is 0 Å². The molecule has 1 amide bonds. The van der Waals surface area contributed by atoms with E-state index in [1.165, 1.54) is 3.57 Å². The highest BCUT2D eigenvalue weighted by Crippen LogP contribution is 2.31.